The maximum atomic E-state index is 12.8. The molecule has 0 N–H and O–H groups in total. The Hall–Kier alpha value is -2.41. The van der Waals surface area contributed by atoms with E-state index in [0.717, 1.165) is 61.9 Å². The fraction of sp³-hybridized carbons (Fsp3) is 0.571. The number of aromatic nitrogens is 3. The van der Waals surface area contributed by atoms with Crippen molar-refractivity contribution in [2.75, 3.05) is 46.2 Å². The van der Waals surface area contributed by atoms with Crippen molar-refractivity contribution in [1.82, 2.24) is 24.6 Å². The average molecular weight is 385 g/mol. The van der Waals surface area contributed by atoms with Crippen molar-refractivity contribution < 1.29 is 4.79 Å². The van der Waals surface area contributed by atoms with Gasteiger partial charge in [-0.3, -0.25) is 4.79 Å². The molecule has 1 aromatic heterocycles. The molecule has 3 rings (SSSR count). The molecule has 7 heteroatoms. The third kappa shape index (κ3) is 4.35. The number of likely N-dealkylation sites (tertiary alicyclic amines) is 1. The fourth-order valence-electron chi connectivity index (χ4n) is 3.82. The van der Waals surface area contributed by atoms with Crippen molar-refractivity contribution in [3.63, 3.8) is 0 Å². The highest BCUT2D eigenvalue weighted by molar-refractivity contribution is 5.94. The number of piperidine rings is 1. The summed E-state index contributed by atoms with van der Waals surface area (Å²) in [5.41, 5.74) is 1.86. The van der Waals surface area contributed by atoms with Crippen LogP contribution in [0.3, 0.4) is 0 Å². The topological polar surface area (TPSA) is 57.5 Å². The van der Waals surface area contributed by atoms with Gasteiger partial charge >= 0.3 is 0 Å². The lowest BCUT2D eigenvalue weighted by atomic mass is 9.95. The van der Waals surface area contributed by atoms with Gasteiger partial charge in [-0.05, 0) is 58.1 Å². The normalized spacial score (nSPS) is 15.3. The standard InChI is InChI=1S/C21H32N6O/c1-6-27-19(15-24(2)3)22-23-20(27)16-11-13-26(14-12-16)21(28)17-7-9-18(10-8-17)25(4)5/h7-10,16H,6,11-15H2,1-5H3. The first-order chi connectivity index (χ1) is 13.4. The molecule has 1 fully saturated rings. The molecule has 28 heavy (non-hydrogen) atoms. The number of hydrogen-bond acceptors (Lipinski definition) is 5. The van der Waals surface area contributed by atoms with E-state index in [1.807, 2.05) is 62.3 Å². The van der Waals surface area contributed by atoms with E-state index in [9.17, 15) is 4.79 Å². The van der Waals surface area contributed by atoms with Gasteiger partial charge in [0.1, 0.15) is 11.6 Å². The molecule has 2 heterocycles. The van der Waals surface area contributed by atoms with Crippen molar-refractivity contribution >= 4 is 11.6 Å². The van der Waals surface area contributed by atoms with Gasteiger partial charge in [0.05, 0.1) is 6.54 Å². The summed E-state index contributed by atoms with van der Waals surface area (Å²) in [6.07, 6.45) is 1.86. The summed E-state index contributed by atoms with van der Waals surface area (Å²) in [4.78, 5) is 19.0. The molecule has 1 amide bonds. The minimum absolute atomic E-state index is 0.119. The van der Waals surface area contributed by atoms with Crippen LogP contribution in [0.2, 0.25) is 0 Å². The monoisotopic (exact) mass is 384 g/mol. The van der Waals surface area contributed by atoms with Crippen LogP contribution in [0.5, 0.6) is 0 Å². The van der Waals surface area contributed by atoms with Gasteiger partial charge in [0, 0.05) is 50.9 Å². The van der Waals surface area contributed by atoms with E-state index >= 15 is 0 Å². The largest absolute Gasteiger partial charge is 0.378 e. The highest BCUT2D eigenvalue weighted by atomic mass is 16.2. The van der Waals surface area contributed by atoms with E-state index in [-0.39, 0.29) is 5.91 Å². The number of carbonyl (C=O) groups is 1. The highest BCUT2D eigenvalue weighted by Gasteiger charge is 2.28. The molecule has 1 aliphatic rings. The van der Waals surface area contributed by atoms with Crippen LogP contribution in [0.15, 0.2) is 24.3 Å². The van der Waals surface area contributed by atoms with Gasteiger partial charge in [0.2, 0.25) is 0 Å². The van der Waals surface area contributed by atoms with Gasteiger partial charge in [-0.2, -0.15) is 0 Å². The molecule has 1 aromatic carbocycles. The first-order valence-electron chi connectivity index (χ1n) is 10.0. The summed E-state index contributed by atoms with van der Waals surface area (Å²) in [6.45, 7) is 5.34. The summed E-state index contributed by atoms with van der Waals surface area (Å²) >= 11 is 0. The molecule has 0 bridgehead atoms. The molecule has 1 aliphatic heterocycles. The summed E-state index contributed by atoms with van der Waals surface area (Å²) in [6, 6.07) is 7.84. The van der Waals surface area contributed by atoms with Gasteiger partial charge in [0.25, 0.3) is 5.91 Å². The van der Waals surface area contributed by atoms with E-state index in [0.29, 0.717) is 5.92 Å². The Labute approximate surface area is 167 Å². The van der Waals surface area contributed by atoms with Gasteiger partial charge in [-0.15, -0.1) is 10.2 Å². The van der Waals surface area contributed by atoms with Crippen LogP contribution in [0, 0.1) is 0 Å². The molecular weight excluding hydrogens is 352 g/mol. The van der Waals surface area contributed by atoms with E-state index in [1.165, 1.54) is 0 Å². The molecule has 0 atom stereocenters. The summed E-state index contributed by atoms with van der Waals surface area (Å²) in [5.74, 6) is 2.57. The molecule has 152 valence electrons. The first-order valence-corrected chi connectivity index (χ1v) is 10.0. The number of carbonyl (C=O) groups excluding carboxylic acids is 1. The fourth-order valence-corrected chi connectivity index (χ4v) is 3.82. The lowest BCUT2D eigenvalue weighted by Gasteiger charge is -2.32. The molecule has 0 saturated carbocycles. The van der Waals surface area contributed by atoms with Crippen LogP contribution >= 0.6 is 0 Å². The van der Waals surface area contributed by atoms with Gasteiger partial charge in [-0.1, -0.05) is 0 Å². The SMILES string of the molecule is CCn1c(CN(C)C)nnc1C1CCN(C(=O)c2ccc(N(C)C)cc2)CC1. The van der Waals surface area contributed by atoms with Crippen LogP contribution in [0.25, 0.3) is 0 Å². The zero-order valence-corrected chi connectivity index (χ0v) is 17.7. The van der Waals surface area contributed by atoms with Crippen molar-refractivity contribution in [2.45, 2.75) is 38.8 Å². The molecule has 7 nitrogen and oxygen atoms in total. The van der Waals surface area contributed by atoms with Crippen molar-refractivity contribution in [3.05, 3.63) is 41.5 Å². The van der Waals surface area contributed by atoms with E-state index in [2.05, 4.69) is 26.6 Å². The Bertz CT molecular complexity index is 788. The van der Waals surface area contributed by atoms with Crippen LogP contribution in [-0.2, 0) is 13.1 Å². The van der Waals surface area contributed by atoms with E-state index in [1.54, 1.807) is 0 Å². The van der Waals surface area contributed by atoms with Crippen molar-refractivity contribution in [2.24, 2.45) is 0 Å². The average Bonchev–Trinajstić information content (AvgIpc) is 3.09. The number of hydrogen-bond donors (Lipinski definition) is 0. The minimum Gasteiger partial charge on any atom is -0.378 e. The van der Waals surface area contributed by atoms with Crippen LogP contribution < -0.4 is 4.90 Å². The minimum atomic E-state index is 0.119. The third-order valence-corrected chi connectivity index (χ3v) is 5.41. The zero-order chi connectivity index (χ0) is 20.3. The number of benzene rings is 1. The Morgan fingerprint density at radius 3 is 2.25 bits per heavy atom. The van der Waals surface area contributed by atoms with Gasteiger partial charge in [0.15, 0.2) is 0 Å². The first kappa shape index (κ1) is 20.3. The predicted molar refractivity (Wildman–Crippen MR) is 112 cm³/mol. The van der Waals surface area contributed by atoms with Crippen molar-refractivity contribution in [1.29, 1.82) is 0 Å². The van der Waals surface area contributed by atoms with E-state index in [4.69, 9.17) is 0 Å². The second-order valence-corrected chi connectivity index (χ2v) is 7.96. The van der Waals surface area contributed by atoms with Gasteiger partial charge < -0.3 is 19.3 Å². The molecule has 0 aliphatic carbocycles. The van der Waals surface area contributed by atoms with Crippen LogP contribution in [0.1, 0.15) is 47.7 Å². The Morgan fingerprint density at radius 2 is 1.71 bits per heavy atom. The molecule has 2 aromatic rings. The lowest BCUT2D eigenvalue weighted by molar-refractivity contribution is 0.0710. The maximum absolute atomic E-state index is 12.8. The zero-order valence-electron chi connectivity index (χ0n) is 17.7. The number of anilines is 1. The van der Waals surface area contributed by atoms with Crippen LogP contribution in [-0.4, -0.2) is 71.8 Å². The number of rotatable bonds is 6. The van der Waals surface area contributed by atoms with Crippen LogP contribution in [0.4, 0.5) is 5.69 Å². The number of amides is 1. The predicted octanol–water partition coefficient (Wildman–Crippen LogP) is 2.45. The van der Waals surface area contributed by atoms with E-state index < -0.39 is 0 Å². The number of nitrogens with zero attached hydrogens (tertiary/aromatic N) is 6. The quantitative estimate of drug-likeness (QED) is 0.766. The Kier molecular flexibility index (Phi) is 6.34. The van der Waals surface area contributed by atoms with Gasteiger partial charge in [-0.25, -0.2) is 0 Å². The Morgan fingerprint density at radius 1 is 1.07 bits per heavy atom. The molecule has 1 saturated heterocycles. The lowest BCUT2D eigenvalue weighted by Crippen LogP contribution is -2.38. The Balaban J connectivity index is 1.64. The molecule has 0 spiro atoms. The summed E-state index contributed by atoms with van der Waals surface area (Å²) < 4.78 is 2.24. The second-order valence-electron chi connectivity index (χ2n) is 7.96. The third-order valence-electron chi connectivity index (χ3n) is 5.41. The molecule has 0 unspecified atom stereocenters. The van der Waals surface area contributed by atoms with Crippen molar-refractivity contribution in [3.8, 4) is 0 Å². The molecule has 0 radical (unpaired) electrons. The smallest absolute Gasteiger partial charge is 0.253 e. The maximum Gasteiger partial charge on any atom is 0.253 e. The summed E-state index contributed by atoms with van der Waals surface area (Å²) in [7, 11) is 8.09. The second kappa shape index (κ2) is 8.73. The highest BCUT2D eigenvalue weighted by Crippen LogP contribution is 2.28. The summed E-state index contributed by atoms with van der Waals surface area (Å²) in [5, 5.41) is 8.91. The molecular formula is C21H32N6O.